The van der Waals surface area contributed by atoms with Crippen molar-refractivity contribution in [3.8, 4) is 0 Å². The van der Waals surface area contributed by atoms with Crippen LogP contribution in [0, 0.1) is 0 Å². The smallest absolute Gasteiger partial charge is 0.0416 e. The van der Waals surface area contributed by atoms with Crippen molar-refractivity contribution in [3.05, 3.63) is 28.2 Å². The molecule has 3 heteroatoms. The van der Waals surface area contributed by atoms with Crippen LogP contribution >= 0.6 is 15.9 Å². The molecule has 1 aromatic carbocycles. The number of hydrogen-bond acceptors (Lipinski definition) is 2. The van der Waals surface area contributed by atoms with Gasteiger partial charge in [0.2, 0.25) is 0 Å². The average Bonchev–Trinajstić information content (AvgIpc) is 2.67. The zero-order valence-corrected chi connectivity index (χ0v) is 12.4. The summed E-state index contributed by atoms with van der Waals surface area (Å²) >= 11 is 3.71. The number of halogens is 1. The van der Waals surface area contributed by atoms with Gasteiger partial charge in [0.25, 0.3) is 0 Å². The summed E-state index contributed by atoms with van der Waals surface area (Å²) in [4.78, 5) is 2.51. The number of nitrogens with zero attached hydrogens (tertiary/aromatic N) is 1. The fourth-order valence-corrected chi connectivity index (χ4v) is 3.33. The molecule has 1 heterocycles. The Balaban J connectivity index is 2.31. The molecule has 0 spiro atoms. The third-order valence-corrected chi connectivity index (χ3v) is 4.22. The molecule has 0 bridgehead atoms. The van der Waals surface area contributed by atoms with Crippen molar-refractivity contribution >= 4 is 21.6 Å². The van der Waals surface area contributed by atoms with Crippen molar-refractivity contribution in [2.75, 3.05) is 25.0 Å². The Hall–Kier alpha value is -0.540. The normalized spacial score (nSPS) is 18.9. The number of hydrogen-bond donors (Lipinski definition) is 1. The molecule has 1 N–H and O–H groups in total. The minimum atomic E-state index is 0.572. The molecular formula is C14H21BrN2. The molecule has 2 rings (SSSR count). The molecule has 0 amide bonds. The van der Waals surface area contributed by atoms with Gasteiger partial charge < -0.3 is 10.2 Å². The minimum Gasteiger partial charge on any atom is -0.368 e. The van der Waals surface area contributed by atoms with Crippen LogP contribution in [0.4, 0.5) is 5.69 Å². The highest BCUT2D eigenvalue weighted by atomic mass is 79.9. The third kappa shape index (κ3) is 2.50. The van der Waals surface area contributed by atoms with E-state index in [0.29, 0.717) is 12.0 Å². The van der Waals surface area contributed by atoms with Gasteiger partial charge in [-0.3, -0.25) is 0 Å². The summed E-state index contributed by atoms with van der Waals surface area (Å²) in [6.07, 6.45) is 1.20. The van der Waals surface area contributed by atoms with Crippen LogP contribution in [0.15, 0.2) is 22.7 Å². The summed E-state index contributed by atoms with van der Waals surface area (Å²) in [5.74, 6) is 0.649. The van der Waals surface area contributed by atoms with Crippen LogP contribution in [-0.4, -0.2) is 26.2 Å². The molecule has 17 heavy (non-hydrogen) atoms. The maximum atomic E-state index is 3.71. The third-order valence-electron chi connectivity index (χ3n) is 3.53. The maximum Gasteiger partial charge on any atom is 0.0416 e. The van der Waals surface area contributed by atoms with Crippen molar-refractivity contribution in [1.82, 2.24) is 5.32 Å². The summed E-state index contributed by atoms with van der Waals surface area (Å²) < 4.78 is 1.26. The molecule has 94 valence electrons. The lowest BCUT2D eigenvalue weighted by Gasteiger charge is -2.24. The van der Waals surface area contributed by atoms with Gasteiger partial charge in [-0.25, -0.2) is 0 Å². The lowest BCUT2D eigenvalue weighted by atomic mass is 9.98. The van der Waals surface area contributed by atoms with Gasteiger partial charge in [-0.2, -0.15) is 0 Å². The van der Waals surface area contributed by atoms with Gasteiger partial charge in [0.1, 0.15) is 0 Å². The quantitative estimate of drug-likeness (QED) is 0.916. The summed E-state index contributed by atoms with van der Waals surface area (Å²) in [5, 5.41) is 3.26. The summed E-state index contributed by atoms with van der Waals surface area (Å²) in [7, 11) is 2.02. The summed E-state index contributed by atoms with van der Waals surface area (Å²) in [5.41, 5.74) is 2.91. The van der Waals surface area contributed by atoms with Crippen LogP contribution in [0.25, 0.3) is 0 Å². The van der Waals surface area contributed by atoms with Crippen LogP contribution in [0.5, 0.6) is 0 Å². The zero-order valence-electron chi connectivity index (χ0n) is 10.8. The first-order valence-corrected chi connectivity index (χ1v) is 7.14. The van der Waals surface area contributed by atoms with Crippen molar-refractivity contribution in [2.24, 2.45) is 0 Å². The van der Waals surface area contributed by atoms with Crippen molar-refractivity contribution in [3.63, 3.8) is 0 Å². The Morgan fingerprint density at radius 2 is 2.24 bits per heavy atom. The van der Waals surface area contributed by atoms with E-state index in [1.165, 1.54) is 22.1 Å². The van der Waals surface area contributed by atoms with Crippen LogP contribution in [0.2, 0.25) is 0 Å². The first-order chi connectivity index (χ1) is 8.15. The molecule has 2 nitrogen and oxygen atoms in total. The van der Waals surface area contributed by atoms with Gasteiger partial charge in [0, 0.05) is 28.7 Å². The number of anilines is 1. The second kappa shape index (κ2) is 5.40. The van der Waals surface area contributed by atoms with E-state index in [-0.39, 0.29) is 0 Å². The zero-order chi connectivity index (χ0) is 12.4. The molecule has 0 saturated heterocycles. The highest BCUT2D eigenvalue weighted by molar-refractivity contribution is 9.10. The SMILES string of the molecule is CNCCC1CN(C(C)C)c2cccc(Br)c21. The van der Waals surface area contributed by atoms with E-state index in [9.17, 15) is 0 Å². The highest BCUT2D eigenvalue weighted by Crippen LogP contribution is 2.42. The van der Waals surface area contributed by atoms with E-state index in [1.807, 2.05) is 7.05 Å². The molecule has 0 fully saturated rings. The summed E-state index contributed by atoms with van der Waals surface area (Å²) in [6.45, 7) is 6.77. The molecule has 1 aliphatic rings. The van der Waals surface area contributed by atoms with Gasteiger partial charge in [0.05, 0.1) is 0 Å². The Morgan fingerprint density at radius 1 is 1.47 bits per heavy atom. The predicted octanol–water partition coefficient (Wildman–Crippen LogP) is 3.37. The Labute approximate surface area is 113 Å². The van der Waals surface area contributed by atoms with E-state index in [0.717, 1.165) is 13.1 Å². The van der Waals surface area contributed by atoms with Gasteiger partial charge in [-0.05, 0) is 51.6 Å². The first-order valence-electron chi connectivity index (χ1n) is 6.34. The molecule has 0 saturated carbocycles. The Kier molecular flexibility index (Phi) is 4.10. The topological polar surface area (TPSA) is 15.3 Å². The van der Waals surface area contributed by atoms with Crippen LogP contribution < -0.4 is 10.2 Å². The van der Waals surface area contributed by atoms with E-state index < -0.39 is 0 Å². The van der Waals surface area contributed by atoms with E-state index in [4.69, 9.17) is 0 Å². The molecular weight excluding hydrogens is 276 g/mol. The molecule has 1 aromatic rings. The largest absolute Gasteiger partial charge is 0.368 e. The fourth-order valence-electron chi connectivity index (χ4n) is 2.65. The van der Waals surface area contributed by atoms with Crippen LogP contribution in [-0.2, 0) is 0 Å². The number of rotatable bonds is 4. The average molecular weight is 297 g/mol. The lowest BCUT2D eigenvalue weighted by Crippen LogP contribution is -2.29. The molecule has 0 aliphatic carbocycles. The number of fused-ring (bicyclic) bond motifs is 1. The van der Waals surface area contributed by atoms with Gasteiger partial charge in [0.15, 0.2) is 0 Å². The Bertz CT molecular complexity index is 390. The van der Waals surface area contributed by atoms with Gasteiger partial charge >= 0.3 is 0 Å². The monoisotopic (exact) mass is 296 g/mol. The fraction of sp³-hybridized carbons (Fsp3) is 0.571. The molecule has 1 unspecified atom stereocenters. The van der Waals surface area contributed by atoms with Gasteiger partial charge in [-0.15, -0.1) is 0 Å². The van der Waals surface area contributed by atoms with E-state index >= 15 is 0 Å². The lowest BCUT2D eigenvalue weighted by molar-refractivity contribution is 0.587. The predicted molar refractivity (Wildman–Crippen MR) is 77.9 cm³/mol. The maximum absolute atomic E-state index is 3.71. The van der Waals surface area contributed by atoms with Crippen molar-refractivity contribution < 1.29 is 0 Å². The van der Waals surface area contributed by atoms with Gasteiger partial charge in [-0.1, -0.05) is 22.0 Å². The van der Waals surface area contributed by atoms with Crippen molar-refractivity contribution in [2.45, 2.75) is 32.2 Å². The molecule has 0 aromatic heterocycles. The van der Waals surface area contributed by atoms with E-state index in [2.05, 4.69) is 58.2 Å². The second-order valence-electron chi connectivity index (χ2n) is 5.01. The van der Waals surface area contributed by atoms with Crippen molar-refractivity contribution in [1.29, 1.82) is 0 Å². The molecule has 1 atom stereocenters. The van der Waals surface area contributed by atoms with E-state index in [1.54, 1.807) is 0 Å². The summed E-state index contributed by atoms with van der Waals surface area (Å²) in [6, 6.07) is 7.12. The standard InChI is InChI=1S/C14H21BrN2/c1-10(2)17-9-11(7-8-16-3)14-12(15)5-4-6-13(14)17/h4-6,10-11,16H,7-9H2,1-3H3. The minimum absolute atomic E-state index is 0.572. The molecule has 1 aliphatic heterocycles. The Morgan fingerprint density at radius 3 is 2.88 bits per heavy atom. The van der Waals surface area contributed by atoms with Crippen LogP contribution in [0.1, 0.15) is 31.7 Å². The molecule has 0 radical (unpaired) electrons. The highest BCUT2D eigenvalue weighted by Gasteiger charge is 2.30. The first kappa shape index (κ1) is 12.9. The number of nitrogens with one attached hydrogen (secondary N) is 1. The number of benzene rings is 1. The van der Waals surface area contributed by atoms with Crippen LogP contribution in [0.3, 0.4) is 0 Å². The second-order valence-corrected chi connectivity index (χ2v) is 5.86.